The molecule has 0 atom stereocenters. The van der Waals surface area contributed by atoms with Gasteiger partial charge in [0, 0.05) is 12.4 Å². The number of nitrogens with one attached hydrogen (secondary N) is 1. The number of nitrogens with zero attached hydrogens (tertiary/aromatic N) is 2. The van der Waals surface area contributed by atoms with Gasteiger partial charge in [-0.15, -0.1) is 4.40 Å². The highest BCUT2D eigenvalue weighted by Crippen LogP contribution is 2.25. The Morgan fingerprint density at radius 1 is 1.46 bits per heavy atom. The Bertz CT molecular complexity index is 478. The predicted octanol–water partition coefficient (Wildman–Crippen LogP) is 0.614. The van der Waals surface area contributed by atoms with Crippen LogP contribution in [0.5, 0.6) is 0 Å². The maximum atomic E-state index is 11.4. The van der Waals surface area contributed by atoms with Gasteiger partial charge in [0.1, 0.15) is 10.7 Å². The second kappa shape index (κ2) is 2.53. The quantitative estimate of drug-likeness (QED) is 0.661. The molecule has 1 aliphatic rings. The summed E-state index contributed by atoms with van der Waals surface area (Å²) in [4.78, 5) is 3.86. The Labute approximate surface area is 75.6 Å². The molecule has 0 radical (unpaired) electrons. The van der Waals surface area contributed by atoms with Gasteiger partial charge in [0.05, 0.1) is 5.69 Å². The van der Waals surface area contributed by atoms with E-state index in [9.17, 15) is 8.42 Å². The molecule has 5 nitrogen and oxygen atoms in total. The van der Waals surface area contributed by atoms with Crippen LogP contribution in [0.4, 0.5) is 5.69 Å². The zero-order valence-electron chi connectivity index (χ0n) is 6.85. The summed E-state index contributed by atoms with van der Waals surface area (Å²) in [5, 5.41) is 2.85. The van der Waals surface area contributed by atoms with Crippen molar-refractivity contribution in [1.82, 2.24) is 4.98 Å². The Morgan fingerprint density at radius 3 is 3.00 bits per heavy atom. The number of fused-ring (bicyclic) bond motifs is 1. The normalized spacial score (nSPS) is 18.4. The molecule has 13 heavy (non-hydrogen) atoms. The molecule has 0 bridgehead atoms. The molecular weight excluding hydrogens is 190 g/mol. The topological polar surface area (TPSA) is 71.4 Å². The lowest BCUT2D eigenvalue weighted by Gasteiger charge is -2.14. The van der Waals surface area contributed by atoms with Gasteiger partial charge in [-0.25, -0.2) is 0 Å². The third-order valence-electron chi connectivity index (χ3n) is 1.64. The van der Waals surface area contributed by atoms with E-state index in [-0.39, 0.29) is 4.90 Å². The monoisotopic (exact) mass is 197 g/mol. The van der Waals surface area contributed by atoms with E-state index >= 15 is 0 Å². The summed E-state index contributed by atoms with van der Waals surface area (Å²) in [5.74, 6) is 0.374. The molecule has 1 aromatic rings. The fourth-order valence-electron chi connectivity index (χ4n) is 1.14. The van der Waals surface area contributed by atoms with Crippen LogP contribution in [-0.2, 0) is 10.0 Å². The number of amidine groups is 1. The molecule has 6 heteroatoms. The molecule has 0 saturated heterocycles. The standard InChI is InChI=1S/C7H7N3O2S/c1-5-9-6-2-3-8-4-7(6)13(11,12)10-5/h2-4H,1H3,(H,9,10). The van der Waals surface area contributed by atoms with Crippen molar-refractivity contribution < 1.29 is 8.42 Å². The highest BCUT2D eigenvalue weighted by atomic mass is 32.2. The lowest BCUT2D eigenvalue weighted by Crippen LogP contribution is -2.18. The molecule has 68 valence electrons. The van der Waals surface area contributed by atoms with E-state index in [4.69, 9.17) is 0 Å². The first-order valence-electron chi connectivity index (χ1n) is 3.62. The molecule has 0 aromatic carbocycles. The van der Waals surface area contributed by atoms with Crippen LogP contribution in [0, 0.1) is 0 Å². The maximum Gasteiger partial charge on any atom is 0.287 e. The van der Waals surface area contributed by atoms with E-state index < -0.39 is 10.0 Å². The first-order chi connectivity index (χ1) is 6.09. The molecule has 0 unspecified atom stereocenters. The molecule has 1 aliphatic heterocycles. The van der Waals surface area contributed by atoms with Crippen molar-refractivity contribution >= 4 is 21.5 Å². The van der Waals surface area contributed by atoms with Crippen LogP contribution >= 0.6 is 0 Å². The first kappa shape index (κ1) is 8.18. The lowest BCUT2D eigenvalue weighted by molar-refractivity contribution is 0.597. The summed E-state index contributed by atoms with van der Waals surface area (Å²) >= 11 is 0. The van der Waals surface area contributed by atoms with Gasteiger partial charge in [0.15, 0.2) is 0 Å². The number of hydrogen-bond donors (Lipinski definition) is 1. The van der Waals surface area contributed by atoms with Crippen LogP contribution in [0.1, 0.15) is 6.92 Å². The molecule has 2 rings (SSSR count). The number of sulfonamides is 1. The summed E-state index contributed by atoms with van der Waals surface area (Å²) < 4.78 is 26.3. The van der Waals surface area contributed by atoms with E-state index in [2.05, 4.69) is 14.7 Å². The molecule has 0 aliphatic carbocycles. The number of pyridine rings is 1. The average molecular weight is 197 g/mol. The molecule has 0 fully saturated rings. The number of hydrogen-bond acceptors (Lipinski definition) is 4. The molecule has 2 heterocycles. The summed E-state index contributed by atoms with van der Waals surface area (Å²) in [6.45, 7) is 1.60. The van der Waals surface area contributed by atoms with E-state index in [1.54, 1.807) is 13.0 Å². The minimum Gasteiger partial charge on any atom is -0.342 e. The Morgan fingerprint density at radius 2 is 2.23 bits per heavy atom. The van der Waals surface area contributed by atoms with Gasteiger partial charge in [-0.1, -0.05) is 0 Å². The average Bonchev–Trinajstić information content (AvgIpc) is 2.02. The van der Waals surface area contributed by atoms with Crippen molar-refractivity contribution in [2.75, 3.05) is 5.32 Å². The third-order valence-corrected chi connectivity index (χ3v) is 3.03. The van der Waals surface area contributed by atoms with E-state index in [0.29, 0.717) is 11.5 Å². The van der Waals surface area contributed by atoms with Gasteiger partial charge < -0.3 is 5.32 Å². The fourth-order valence-corrected chi connectivity index (χ4v) is 2.23. The Balaban J connectivity index is 2.73. The lowest BCUT2D eigenvalue weighted by atomic mass is 10.4. The molecule has 1 N–H and O–H groups in total. The number of rotatable bonds is 0. The summed E-state index contributed by atoms with van der Waals surface area (Å²) in [6.07, 6.45) is 2.81. The molecule has 0 saturated carbocycles. The minimum atomic E-state index is -3.53. The van der Waals surface area contributed by atoms with E-state index in [1.807, 2.05) is 0 Å². The van der Waals surface area contributed by atoms with Crippen LogP contribution in [0.15, 0.2) is 27.8 Å². The van der Waals surface area contributed by atoms with Gasteiger partial charge in [-0.05, 0) is 13.0 Å². The fraction of sp³-hybridized carbons (Fsp3) is 0.143. The van der Waals surface area contributed by atoms with Gasteiger partial charge in [0.2, 0.25) is 0 Å². The van der Waals surface area contributed by atoms with Gasteiger partial charge in [-0.2, -0.15) is 8.42 Å². The van der Waals surface area contributed by atoms with E-state index in [1.165, 1.54) is 12.4 Å². The Kier molecular flexibility index (Phi) is 1.59. The molecular formula is C7H7N3O2S. The Hall–Kier alpha value is -1.43. The zero-order chi connectivity index (χ0) is 9.47. The molecule has 0 amide bonds. The number of aromatic nitrogens is 1. The largest absolute Gasteiger partial charge is 0.342 e. The van der Waals surface area contributed by atoms with Gasteiger partial charge in [0.25, 0.3) is 10.0 Å². The summed E-state index contributed by atoms with van der Waals surface area (Å²) in [6, 6.07) is 1.60. The smallest absolute Gasteiger partial charge is 0.287 e. The second-order valence-electron chi connectivity index (χ2n) is 2.65. The van der Waals surface area contributed by atoms with Crippen molar-refractivity contribution in [1.29, 1.82) is 0 Å². The van der Waals surface area contributed by atoms with Gasteiger partial charge in [-0.3, -0.25) is 4.98 Å². The highest BCUT2D eigenvalue weighted by molar-refractivity contribution is 7.90. The van der Waals surface area contributed by atoms with E-state index in [0.717, 1.165) is 0 Å². The number of anilines is 1. The first-order valence-corrected chi connectivity index (χ1v) is 5.06. The van der Waals surface area contributed by atoms with Crippen molar-refractivity contribution in [2.24, 2.45) is 4.40 Å². The predicted molar refractivity (Wildman–Crippen MR) is 48.2 cm³/mol. The second-order valence-corrected chi connectivity index (χ2v) is 4.22. The van der Waals surface area contributed by atoms with Crippen molar-refractivity contribution in [3.8, 4) is 0 Å². The third kappa shape index (κ3) is 1.29. The van der Waals surface area contributed by atoms with Crippen LogP contribution in [0.25, 0.3) is 0 Å². The SMILES string of the molecule is CC1=NS(=O)(=O)c2cnccc2N1. The highest BCUT2D eigenvalue weighted by Gasteiger charge is 2.22. The van der Waals surface area contributed by atoms with Crippen molar-refractivity contribution in [3.05, 3.63) is 18.5 Å². The van der Waals surface area contributed by atoms with Gasteiger partial charge >= 0.3 is 0 Å². The van der Waals surface area contributed by atoms with Crippen LogP contribution < -0.4 is 5.32 Å². The van der Waals surface area contributed by atoms with Crippen LogP contribution in [0.2, 0.25) is 0 Å². The molecule has 0 spiro atoms. The summed E-state index contributed by atoms with van der Waals surface area (Å²) in [5.41, 5.74) is 0.530. The summed E-state index contributed by atoms with van der Waals surface area (Å²) in [7, 11) is -3.53. The van der Waals surface area contributed by atoms with Crippen molar-refractivity contribution in [3.63, 3.8) is 0 Å². The zero-order valence-corrected chi connectivity index (χ0v) is 7.67. The maximum absolute atomic E-state index is 11.4. The van der Waals surface area contributed by atoms with Crippen LogP contribution in [0.3, 0.4) is 0 Å². The minimum absolute atomic E-state index is 0.126. The van der Waals surface area contributed by atoms with Crippen molar-refractivity contribution in [2.45, 2.75) is 11.8 Å². The van der Waals surface area contributed by atoms with Crippen LogP contribution in [-0.4, -0.2) is 19.2 Å². The molecule has 1 aromatic heterocycles.